The number of hydrogen-bond acceptors (Lipinski definition) is 6. The quantitative estimate of drug-likeness (QED) is 0.654. The molecule has 10 heteroatoms. The van der Waals surface area contributed by atoms with E-state index in [-0.39, 0.29) is 12.1 Å². The molecule has 0 aliphatic carbocycles. The van der Waals surface area contributed by atoms with Gasteiger partial charge in [-0.15, -0.1) is 0 Å². The number of nitrogens with zero attached hydrogens (tertiary/aromatic N) is 5. The average molecular weight is 490 g/mol. The summed E-state index contributed by atoms with van der Waals surface area (Å²) >= 11 is 0. The summed E-state index contributed by atoms with van der Waals surface area (Å²) in [7, 11) is 0. The smallest absolute Gasteiger partial charge is 0.378 e. The number of ether oxygens (including phenoxy) is 1. The van der Waals surface area contributed by atoms with Gasteiger partial charge < -0.3 is 19.4 Å². The fourth-order valence-corrected chi connectivity index (χ4v) is 4.96. The van der Waals surface area contributed by atoms with Gasteiger partial charge in [0.05, 0.1) is 31.0 Å². The van der Waals surface area contributed by atoms with Crippen molar-refractivity contribution in [2.75, 3.05) is 55.7 Å². The number of amides is 1. The number of aromatic nitrogens is 2. The minimum atomic E-state index is -4.50. The maximum atomic E-state index is 13.2. The molecule has 0 saturated carbocycles. The van der Waals surface area contributed by atoms with E-state index < -0.39 is 17.6 Å². The molecule has 0 radical (unpaired) electrons. The summed E-state index contributed by atoms with van der Waals surface area (Å²) in [5.74, 6) is 1.82. The van der Waals surface area contributed by atoms with Crippen LogP contribution in [0.4, 0.5) is 24.9 Å². The summed E-state index contributed by atoms with van der Waals surface area (Å²) in [6.45, 7) is 7.37. The third-order valence-corrected chi connectivity index (χ3v) is 7.13. The lowest BCUT2D eigenvalue weighted by Gasteiger charge is -2.36. The molecule has 0 N–H and O–H groups in total. The molecule has 5 rings (SSSR count). The van der Waals surface area contributed by atoms with Gasteiger partial charge in [-0.3, -0.25) is 4.79 Å². The predicted octanol–water partition coefficient (Wildman–Crippen LogP) is 3.77. The molecule has 7 nitrogen and oxygen atoms in total. The zero-order chi connectivity index (χ0) is 24.6. The second kappa shape index (κ2) is 9.64. The summed E-state index contributed by atoms with van der Waals surface area (Å²) in [6.07, 6.45) is -1.75. The van der Waals surface area contributed by atoms with Crippen LogP contribution >= 0.6 is 0 Å². The van der Waals surface area contributed by atoms with Crippen LogP contribution < -0.4 is 9.80 Å². The third-order valence-electron chi connectivity index (χ3n) is 7.13. The minimum absolute atomic E-state index is 0.0381. The van der Waals surface area contributed by atoms with Crippen LogP contribution in [0, 0.1) is 5.92 Å². The van der Waals surface area contributed by atoms with Crippen molar-refractivity contribution in [2.24, 2.45) is 5.92 Å². The van der Waals surface area contributed by atoms with E-state index in [1.54, 1.807) is 4.90 Å². The number of piperidine rings is 1. The molecule has 1 aromatic heterocycles. The largest absolute Gasteiger partial charge is 0.416 e. The van der Waals surface area contributed by atoms with Crippen LogP contribution in [-0.2, 0) is 23.9 Å². The molecule has 4 heterocycles. The first kappa shape index (κ1) is 23.8. The van der Waals surface area contributed by atoms with Gasteiger partial charge in [-0.2, -0.15) is 18.2 Å². The maximum absolute atomic E-state index is 13.2. The molecule has 35 heavy (non-hydrogen) atoms. The molecular weight excluding hydrogens is 459 g/mol. The molecule has 0 unspecified atom stereocenters. The second-order valence-electron chi connectivity index (χ2n) is 9.60. The number of hydrogen-bond donors (Lipinski definition) is 0. The van der Waals surface area contributed by atoms with Crippen LogP contribution in [0.1, 0.15) is 46.9 Å². The molecule has 0 bridgehead atoms. The molecule has 0 spiro atoms. The van der Waals surface area contributed by atoms with E-state index in [9.17, 15) is 18.0 Å². The van der Waals surface area contributed by atoms with Crippen LogP contribution in [0.15, 0.2) is 24.3 Å². The Morgan fingerprint density at radius 3 is 2.49 bits per heavy atom. The van der Waals surface area contributed by atoms with Gasteiger partial charge in [-0.1, -0.05) is 13.0 Å². The van der Waals surface area contributed by atoms with Crippen molar-refractivity contribution in [3.8, 4) is 0 Å². The molecule has 188 valence electrons. The van der Waals surface area contributed by atoms with E-state index in [1.165, 1.54) is 12.1 Å². The van der Waals surface area contributed by atoms with Gasteiger partial charge in [0.25, 0.3) is 5.91 Å². The summed E-state index contributed by atoms with van der Waals surface area (Å²) < 4.78 is 45.1. The van der Waals surface area contributed by atoms with E-state index in [4.69, 9.17) is 14.7 Å². The molecule has 2 aromatic rings. The lowest BCUT2D eigenvalue weighted by molar-refractivity contribution is -0.137. The predicted molar refractivity (Wildman–Crippen MR) is 126 cm³/mol. The van der Waals surface area contributed by atoms with Crippen LogP contribution in [0.2, 0.25) is 0 Å². The van der Waals surface area contributed by atoms with Gasteiger partial charge in [-0.05, 0) is 37.0 Å². The zero-order valence-corrected chi connectivity index (χ0v) is 19.9. The number of rotatable bonds is 3. The summed E-state index contributed by atoms with van der Waals surface area (Å²) in [5.41, 5.74) is 1.02. The van der Waals surface area contributed by atoms with Crippen molar-refractivity contribution in [1.29, 1.82) is 0 Å². The van der Waals surface area contributed by atoms with Gasteiger partial charge in [-0.25, -0.2) is 4.98 Å². The van der Waals surface area contributed by atoms with E-state index >= 15 is 0 Å². The summed E-state index contributed by atoms with van der Waals surface area (Å²) in [5, 5.41) is 0. The summed E-state index contributed by atoms with van der Waals surface area (Å²) in [4.78, 5) is 29.1. The maximum Gasteiger partial charge on any atom is 0.416 e. The molecule has 0 atom stereocenters. The van der Waals surface area contributed by atoms with Crippen LogP contribution in [0.25, 0.3) is 0 Å². The monoisotopic (exact) mass is 489 g/mol. The molecule has 2 fully saturated rings. The van der Waals surface area contributed by atoms with Crippen molar-refractivity contribution in [1.82, 2.24) is 14.9 Å². The Balaban J connectivity index is 1.44. The first-order valence-electron chi connectivity index (χ1n) is 12.2. The second-order valence-corrected chi connectivity index (χ2v) is 9.60. The Hall–Kier alpha value is -2.88. The van der Waals surface area contributed by atoms with Crippen molar-refractivity contribution >= 4 is 17.7 Å². The highest BCUT2D eigenvalue weighted by Gasteiger charge is 2.33. The average Bonchev–Trinajstić information content (AvgIpc) is 2.88. The number of carbonyl (C=O) groups is 1. The van der Waals surface area contributed by atoms with Crippen molar-refractivity contribution in [3.05, 3.63) is 46.6 Å². The minimum Gasteiger partial charge on any atom is -0.378 e. The van der Waals surface area contributed by atoms with Gasteiger partial charge in [0, 0.05) is 50.3 Å². The topological polar surface area (TPSA) is 61.8 Å². The van der Waals surface area contributed by atoms with E-state index in [0.717, 1.165) is 61.1 Å². The highest BCUT2D eigenvalue weighted by atomic mass is 19.4. The normalized spacial score (nSPS) is 19.6. The van der Waals surface area contributed by atoms with Gasteiger partial charge >= 0.3 is 6.18 Å². The fraction of sp³-hybridized carbons (Fsp3) is 0.560. The first-order valence-corrected chi connectivity index (χ1v) is 12.2. The van der Waals surface area contributed by atoms with Crippen LogP contribution in [0.5, 0.6) is 0 Å². The van der Waals surface area contributed by atoms with E-state index in [0.29, 0.717) is 45.2 Å². The van der Waals surface area contributed by atoms with Gasteiger partial charge in [0.1, 0.15) is 5.82 Å². The van der Waals surface area contributed by atoms with E-state index in [1.807, 2.05) is 0 Å². The van der Waals surface area contributed by atoms with Gasteiger partial charge in [0.15, 0.2) is 0 Å². The van der Waals surface area contributed by atoms with Crippen molar-refractivity contribution < 1.29 is 22.7 Å². The fourth-order valence-electron chi connectivity index (χ4n) is 4.96. The highest BCUT2D eigenvalue weighted by Crippen LogP contribution is 2.33. The molecular formula is C25H30F3N5O2. The number of halogens is 3. The SMILES string of the molecule is CC1CCN(c2nc3c(c(N4CCOCC4)n2)CN(C(=O)c2cccc(C(F)(F)F)c2)CC3)CC1. The lowest BCUT2D eigenvalue weighted by Crippen LogP contribution is -2.42. The molecule has 3 aliphatic rings. The zero-order valence-electron chi connectivity index (χ0n) is 19.9. The number of morpholine rings is 1. The van der Waals surface area contributed by atoms with Gasteiger partial charge in [0.2, 0.25) is 5.95 Å². The van der Waals surface area contributed by atoms with E-state index in [2.05, 4.69) is 16.7 Å². The number of anilines is 2. The Labute approximate surface area is 202 Å². The molecule has 1 amide bonds. The first-order chi connectivity index (χ1) is 16.8. The molecule has 1 aromatic carbocycles. The lowest BCUT2D eigenvalue weighted by atomic mass is 9.99. The Morgan fingerprint density at radius 1 is 1.03 bits per heavy atom. The Bertz CT molecular complexity index is 1080. The summed E-state index contributed by atoms with van der Waals surface area (Å²) in [6, 6.07) is 4.63. The number of benzene rings is 1. The van der Waals surface area contributed by atoms with Crippen molar-refractivity contribution in [2.45, 2.75) is 38.9 Å². The molecule has 3 aliphatic heterocycles. The van der Waals surface area contributed by atoms with Crippen LogP contribution in [-0.4, -0.2) is 66.7 Å². The third kappa shape index (κ3) is 5.07. The number of carbonyl (C=O) groups excluding carboxylic acids is 1. The Kier molecular flexibility index (Phi) is 6.57. The highest BCUT2D eigenvalue weighted by molar-refractivity contribution is 5.94. The number of fused-ring (bicyclic) bond motifs is 1. The van der Waals surface area contributed by atoms with Crippen molar-refractivity contribution in [3.63, 3.8) is 0 Å². The van der Waals surface area contributed by atoms with Crippen LogP contribution in [0.3, 0.4) is 0 Å². The molecule has 2 saturated heterocycles. The Morgan fingerprint density at radius 2 is 1.77 bits per heavy atom. The number of alkyl halides is 3. The standard InChI is InChI=1S/C25H30F3N5O2/c1-17-5-8-32(9-6-17)24-29-21-7-10-33(16-20(21)22(30-24)31-11-13-35-14-12-31)23(34)18-3-2-4-19(15-18)25(26,27)28/h2-4,15,17H,5-14,16H2,1H3.